The lowest BCUT2D eigenvalue weighted by atomic mass is 10.1. The molecule has 0 saturated heterocycles. The number of nitrogens with zero attached hydrogens (tertiary/aromatic N) is 1. The zero-order valence-corrected chi connectivity index (χ0v) is 8.83. The lowest BCUT2D eigenvalue weighted by Crippen LogP contribution is -1.88. The van der Waals surface area contributed by atoms with E-state index in [1.54, 1.807) is 6.07 Å². The van der Waals surface area contributed by atoms with E-state index in [0.29, 0.717) is 16.7 Å². The number of hydrogen-bond donors (Lipinski definition) is 1. The number of fused-ring (bicyclic) bond motifs is 1. The summed E-state index contributed by atoms with van der Waals surface area (Å²) >= 11 is 5.88. The Morgan fingerprint density at radius 3 is 2.80 bits per heavy atom. The number of hydrogen-bond acceptors (Lipinski definition) is 2. The minimum absolute atomic E-state index is 0.298. The maximum absolute atomic E-state index is 9.80. The van der Waals surface area contributed by atoms with E-state index in [0.717, 1.165) is 29.4 Å². The normalized spacial score (nSPS) is 15.8. The molecule has 15 heavy (non-hydrogen) atoms. The minimum atomic E-state index is 0.298. The Balaban J connectivity index is 2.25. The Morgan fingerprint density at radius 1 is 1.27 bits per heavy atom. The van der Waals surface area contributed by atoms with E-state index in [1.807, 2.05) is 18.2 Å². The maximum Gasteiger partial charge on any atom is 0.138 e. The van der Waals surface area contributed by atoms with Crippen LogP contribution in [0.2, 0.25) is 5.02 Å². The second-order valence-corrected chi connectivity index (χ2v) is 4.44. The molecule has 1 N–H and O–H groups in total. The third-order valence-corrected chi connectivity index (χ3v) is 2.98. The van der Waals surface area contributed by atoms with Gasteiger partial charge in [-0.2, -0.15) is 0 Å². The SMILES string of the molecule is Oc1cc2cc(Cl)ccc2nc1C1CC1. The van der Waals surface area contributed by atoms with Gasteiger partial charge >= 0.3 is 0 Å². The fourth-order valence-electron chi connectivity index (χ4n) is 1.81. The van der Waals surface area contributed by atoms with Gasteiger partial charge in [0.2, 0.25) is 0 Å². The fourth-order valence-corrected chi connectivity index (χ4v) is 1.99. The summed E-state index contributed by atoms with van der Waals surface area (Å²) in [4.78, 5) is 4.47. The van der Waals surface area contributed by atoms with Gasteiger partial charge in [0.15, 0.2) is 0 Å². The molecule has 0 unspecified atom stereocenters. The first-order chi connectivity index (χ1) is 7.24. The van der Waals surface area contributed by atoms with Crippen LogP contribution in [0.1, 0.15) is 24.5 Å². The molecule has 3 heteroatoms. The average Bonchev–Trinajstić information content (AvgIpc) is 3.00. The molecule has 2 aromatic rings. The van der Waals surface area contributed by atoms with E-state index < -0.39 is 0 Å². The molecule has 0 radical (unpaired) electrons. The molecule has 1 aliphatic carbocycles. The fraction of sp³-hybridized carbons (Fsp3) is 0.250. The first kappa shape index (κ1) is 8.98. The zero-order chi connectivity index (χ0) is 10.4. The molecule has 2 nitrogen and oxygen atoms in total. The van der Waals surface area contributed by atoms with Crippen molar-refractivity contribution >= 4 is 22.5 Å². The highest BCUT2D eigenvalue weighted by atomic mass is 35.5. The van der Waals surface area contributed by atoms with Gasteiger partial charge in [-0.05, 0) is 37.1 Å². The average molecular weight is 220 g/mol. The predicted octanol–water partition coefficient (Wildman–Crippen LogP) is 3.47. The second-order valence-electron chi connectivity index (χ2n) is 4.00. The van der Waals surface area contributed by atoms with Gasteiger partial charge in [-0.3, -0.25) is 0 Å². The van der Waals surface area contributed by atoms with Crippen molar-refractivity contribution in [3.63, 3.8) is 0 Å². The van der Waals surface area contributed by atoms with Gasteiger partial charge in [-0.25, -0.2) is 4.98 Å². The summed E-state index contributed by atoms with van der Waals surface area (Å²) < 4.78 is 0. The molecule has 1 heterocycles. The van der Waals surface area contributed by atoms with Crippen molar-refractivity contribution in [3.8, 4) is 5.75 Å². The minimum Gasteiger partial charge on any atom is -0.506 e. The summed E-state index contributed by atoms with van der Waals surface area (Å²) in [7, 11) is 0. The number of aromatic nitrogens is 1. The number of aromatic hydroxyl groups is 1. The first-order valence-electron chi connectivity index (χ1n) is 5.03. The van der Waals surface area contributed by atoms with Crippen molar-refractivity contribution in [2.24, 2.45) is 0 Å². The van der Waals surface area contributed by atoms with Crippen LogP contribution in [0.15, 0.2) is 24.3 Å². The van der Waals surface area contributed by atoms with Crippen molar-refractivity contribution in [1.82, 2.24) is 4.98 Å². The molecular formula is C12H10ClNO. The molecule has 1 saturated carbocycles. The van der Waals surface area contributed by atoms with Crippen LogP contribution < -0.4 is 0 Å². The van der Waals surface area contributed by atoms with E-state index in [2.05, 4.69) is 4.98 Å². The van der Waals surface area contributed by atoms with E-state index in [9.17, 15) is 5.11 Å². The van der Waals surface area contributed by atoms with Crippen LogP contribution in [0.3, 0.4) is 0 Å². The van der Waals surface area contributed by atoms with E-state index in [-0.39, 0.29) is 0 Å². The lowest BCUT2D eigenvalue weighted by Gasteiger charge is -2.04. The molecule has 3 rings (SSSR count). The van der Waals surface area contributed by atoms with Gasteiger partial charge in [0, 0.05) is 16.3 Å². The van der Waals surface area contributed by atoms with Crippen LogP contribution in [-0.2, 0) is 0 Å². The van der Waals surface area contributed by atoms with Crippen molar-refractivity contribution in [3.05, 3.63) is 35.0 Å². The van der Waals surface area contributed by atoms with Crippen molar-refractivity contribution in [2.45, 2.75) is 18.8 Å². The van der Waals surface area contributed by atoms with Crippen LogP contribution in [-0.4, -0.2) is 10.1 Å². The summed E-state index contributed by atoms with van der Waals surface area (Å²) in [6.07, 6.45) is 2.28. The zero-order valence-electron chi connectivity index (χ0n) is 8.07. The van der Waals surface area contributed by atoms with E-state index >= 15 is 0 Å². The van der Waals surface area contributed by atoms with Crippen molar-refractivity contribution < 1.29 is 5.11 Å². The summed E-state index contributed by atoms with van der Waals surface area (Å²) in [5.74, 6) is 0.761. The molecule has 76 valence electrons. The van der Waals surface area contributed by atoms with Gasteiger partial charge in [-0.1, -0.05) is 11.6 Å². The number of pyridine rings is 1. The Morgan fingerprint density at radius 2 is 2.07 bits per heavy atom. The molecule has 0 amide bonds. The smallest absolute Gasteiger partial charge is 0.138 e. The molecule has 0 bridgehead atoms. The van der Waals surface area contributed by atoms with Crippen molar-refractivity contribution in [2.75, 3.05) is 0 Å². The highest BCUT2D eigenvalue weighted by Gasteiger charge is 2.28. The van der Waals surface area contributed by atoms with Crippen LogP contribution >= 0.6 is 11.6 Å². The standard InChI is InChI=1S/C12H10ClNO/c13-9-3-4-10-8(5-9)6-11(15)12(14-10)7-1-2-7/h3-7,15H,1-2H2. The largest absolute Gasteiger partial charge is 0.506 e. The maximum atomic E-state index is 9.80. The Kier molecular flexibility index (Phi) is 1.86. The van der Waals surface area contributed by atoms with Gasteiger partial charge in [-0.15, -0.1) is 0 Å². The van der Waals surface area contributed by atoms with E-state index in [1.165, 1.54) is 0 Å². The highest BCUT2D eigenvalue weighted by Crippen LogP contribution is 2.43. The third-order valence-electron chi connectivity index (χ3n) is 2.75. The van der Waals surface area contributed by atoms with Crippen LogP contribution in [0.25, 0.3) is 10.9 Å². The molecule has 1 fully saturated rings. The molecule has 1 aromatic heterocycles. The van der Waals surface area contributed by atoms with Gasteiger partial charge in [0.05, 0.1) is 11.2 Å². The number of benzene rings is 1. The first-order valence-corrected chi connectivity index (χ1v) is 5.41. The Bertz CT molecular complexity index is 534. The molecule has 0 atom stereocenters. The summed E-state index contributed by atoms with van der Waals surface area (Å²) in [5.41, 5.74) is 1.74. The summed E-state index contributed by atoms with van der Waals surface area (Å²) in [6.45, 7) is 0. The Labute approximate surface area is 92.5 Å². The molecule has 0 spiro atoms. The topological polar surface area (TPSA) is 33.1 Å². The second kappa shape index (κ2) is 3.11. The molecular weight excluding hydrogens is 210 g/mol. The van der Waals surface area contributed by atoms with Crippen molar-refractivity contribution in [1.29, 1.82) is 0 Å². The van der Waals surface area contributed by atoms with Gasteiger partial charge < -0.3 is 5.11 Å². The number of halogens is 1. The molecule has 1 aliphatic rings. The Hall–Kier alpha value is -1.28. The van der Waals surface area contributed by atoms with E-state index in [4.69, 9.17) is 11.6 Å². The van der Waals surface area contributed by atoms with Gasteiger partial charge in [0.25, 0.3) is 0 Å². The molecule has 0 aliphatic heterocycles. The quantitative estimate of drug-likeness (QED) is 0.797. The third kappa shape index (κ3) is 1.55. The lowest BCUT2D eigenvalue weighted by molar-refractivity contribution is 0.465. The van der Waals surface area contributed by atoms with Crippen LogP contribution in [0.5, 0.6) is 5.75 Å². The van der Waals surface area contributed by atoms with Crippen LogP contribution in [0.4, 0.5) is 0 Å². The molecule has 1 aromatic carbocycles. The van der Waals surface area contributed by atoms with Gasteiger partial charge in [0.1, 0.15) is 5.75 Å². The summed E-state index contributed by atoms with van der Waals surface area (Å²) in [5, 5.41) is 11.4. The monoisotopic (exact) mass is 219 g/mol. The predicted molar refractivity (Wildman–Crippen MR) is 60.4 cm³/mol. The van der Waals surface area contributed by atoms with Crippen LogP contribution in [0, 0.1) is 0 Å². The number of rotatable bonds is 1. The highest BCUT2D eigenvalue weighted by molar-refractivity contribution is 6.31. The summed E-state index contributed by atoms with van der Waals surface area (Å²) in [6, 6.07) is 7.29.